The Hall–Kier alpha value is -4.07. The molecule has 1 amide bonds. The zero-order valence-electron chi connectivity index (χ0n) is 19.3. The van der Waals surface area contributed by atoms with Crippen molar-refractivity contribution in [3.63, 3.8) is 0 Å². The second-order valence-electron chi connectivity index (χ2n) is 8.37. The topological polar surface area (TPSA) is 86.0 Å². The van der Waals surface area contributed by atoms with Gasteiger partial charge in [-0.2, -0.15) is 0 Å². The zero-order valence-corrected chi connectivity index (χ0v) is 19.3. The fourth-order valence-electron chi connectivity index (χ4n) is 4.44. The Balaban J connectivity index is 1.34. The number of carbonyl (C=O) groups is 1. The standard InChI is InChI=1S/C26H26N6O2/c1-31-13-11-28-25(31)22-17-27-16-21(30-22)23-7-5-12-32(23)26(33)19-9-10-20(29-15-19)14-18-6-3-4-8-24(18)34-2/h3-4,6,8-11,13,15-17,23H,5,7,12,14H2,1-2H3/t23-/m0/s1. The van der Waals surface area contributed by atoms with E-state index < -0.39 is 0 Å². The van der Waals surface area contributed by atoms with Crippen molar-refractivity contribution >= 4 is 5.91 Å². The molecule has 4 heterocycles. The largest absolute Gasteiger partial charge is 0.496 e. The molecule has 0 saturated carbocycles. The first-order chi connectivity index (χ1) is 16.6. The number of hydrogen-bond acceptors (Lipinski definition) is 6. The van der Waals surface area contributed by atoms with E-state index in [9.17, 15) is 4.79 Å². The minimum absolute atomic E-state index is 0.0389. The van der Waals surface area contributed by atoms with Crippen molar-refractivity contribution in [3.05, 3.63) is 89.9 Å². The minimum atomic E-state index is -0.117. The number of imidazole rings is 1. The summed E-state index contributed by atoms with van der Waals surface area (Å²) in [6, 6.07) is 11.5. The molecule has 1 fully saturated rings. The molecule has 0 N–H and O–H groups in total. The van der Waals surface area contributed by atoms with Crippen molar-refractivity contribution in [3.8, 4) is 17.3 Å². The van der Waals surface area contributed by atoms with Crippen LogP contribution in [0.5, 0.6) is 5.75 Å². The molecule has 0 unspecified atom stereocenters. The number of rotatable bonds is 6. The SMILES string of the molecule is COc1ccccc1Cc1ccc(C(=O)N2CCC[C@H]2c2cncc(-c3nccn3C)n2)cn1. The highest BCUT2D eigenvalue weighted by atomic mass is 16.5. The van der Waals surface area contributed by atoms with Gasteiger partial charge in [0.25, 0.3) is 5.91 Å². The van der Waals surface area contributed by atoms with E-state index >= 15 is 0 Å². The van der Waals surface area contributed by atoms with E-state index in [1.54, 1.807) is 31.9 Å². The number of hydrogen-bond donors (Lipinski definition) is 0. The lowest BCUT2D eigenvalue weighted by Gasteiger charge is -2.24. The average molecular weight is 455 g/mol. The Kier molecular flexibility index (Phi) is 6.03. The summed E-state index contributed by atoms with van der Waals surface area (Å²) in [7, 11) is 3.59. The molecule has 0 aliphatic carbocycles. The van der Waals surface area contributed by atoms with Crippen molar-refractivity contribution in [1.29, 1.82) is 0 Å². The van der Waals surface area contributed by atoms with Crippen LogP contribution in [0.25, 0.3) is 11.5 Å². The highest BCUT2D eigenvalue weighted by Crippen LogP contribution is 2.32. The highest BCUT2D eigenvalue weighted by molar-refractivity contribution is 5.94. The molecule has 1 aliphatic heterocycles. The van der Waals surface area contributed by atoms with Crippen molar-refractivity contribution in [2.24, 2.45) is 7.05 Å². The monoisotopic (exact) mass is 454 g/mol. The van der Waals surface area contributed by atoms with Gasteiger partial charge in [-0.3, -0.25) is 14.8 Å². The number of benzene rings is 1. The van der Waals surface area contributed by atoms with Crippen molar-refractivity contribution < 1.29 is 9.53 Å². The van der Waals surface area contributed by atoms with Crippen molar-refractivity contribution in [1.82, 2.24) is 29.4 Å². The summed E-state index contributed by atoms with van der Waals surface area (Å²) in [5.74, 6) is 1.54. The van der Waals surface area contributed by atoms with Crippen LogP contribution >= 0.6 is 0 Å². The first kappa shape index (κ1) is 21.8. The molecule has 8 nitrogen and oxygen atoms in total. The van der Waals surface area contributed by atoms with Gasteiger partial charge in [-0.05, 0) is 31.0 Å². The lowest BCUT2D eigenvalue weighted by Crippen LogP contribution is -2.31. The quantitative estimate of drug-likeness (QED) is 0.440. The van der Waals surface area contributed by atoms with Gasteiger partial charge in [0.1, 0.15) is 11.4 Å². The third kappa shape index (κ3) is 4.26. The fraction of sp³-hybridized carbons (Fsp3) is 0.269. The number of aromatic nitrogens is 5. The van der Waals surface area contributed by atoms with Crippen LogP contribution in [0.2, 0.25) is 0 Å². The van der Waals surface area contributed by atoms with Crippen LogP contribution < -0.4 is 4.74 Å². The smallest absolute Gasteiger partial charge is 0.255 e. The lowest BCUT2D eigenvalue weighted by atomic mass is 10.1. The Morgan fingerprint density at radius 2 is 2.00 bits per heavy atom. The summed E-state index contributed by atoms with van der Waals surface area (Å²) in [5.41, 5.74) is 4.00. The van der Waals surface area contributed by atoms with Crippen LogP contribution in [0.4, 0.5) is 0 Å². The number of carbonyl (C=O) groups excluding carboxylic acids is 1. The van der Waals surface area contributed by atoms with Gasteiger partial charge in [0.05, 0.1) is 36.8 Å². The van der Waals surface area contributed by atoms with Crippen LogP contribution in [-0.2, 0) is 13.5 Å². The fourth-order valence-corrected chi connectivity index (χ4v) is 4.44. The predicted molar refractivity (Wildman–Crippen MR) is 127 cm³/mol. The number of aryl methyl sites for hydroxylation is 1. The molecular formula is C26H26N6O2. The maximum atomic E-state index is 13.4. The molecule has 0 spiro atoms. The van der Waals surface area contributed by atoms with E-state index in [2.05, 4.69) is 15.0 Å². The Morgan fingerprint density at radius 3 is 2.76 bits per heavy atom. The molecule has 3 aromatic heterocycles. The van der Waals surface area contributed by atoms with Crippen LogP contribution in [0.3, 0.4) is 0 Å². The number of ether oxygens (including phenoxy) is 1. The molecule has 4 aromatic rings. The number of pyridine rings is 1. The number of methoxy groups -OCH3 is 1. The summed E-state index contributed by atoms with van der Waals surface area (Å²) in [5, 5.41) is 0. The number of amides is 1. The van der Waals surface area contributed by atoms with Gasteiger partial charge < -0.3 is 14.2 Å². The third-order valence-corrected chi connectivity index (χ3v) is 6.19. The van der Waals surface area contributed by atoms with Gasteiger partial charge in [-0.1, -0.05) is 18.2 Å². The van der Waals surface area contributed by atoms with E-state index in [4.69, 9.17) is 9.72 Å². The second kappa shape index (κ2) is 9.43. The summed E-state index contributed by atoms with van der Waals surface area (Å²) >= 11 is 0. The Labute approximate surface area is 198 Å². The third-order valence-electron chi connectivity index (χ3n) is 6.19. The van der Waals surface area contributed by atoms with Crippen LogP contribution in [-0.4, -0.2) is 49.0 Å². The summed E-state index contributed by atoms with van der Waals surface area (Å²) in [6.45, 7) is 0.681. The van der Waals surface area contributed by atoms with Gasteiger partial charge in [-0.15, -0.1) is 0 Å². The van der Waals surface area contributed by atoms with Gasteiger partial charge in [-0.25, -0.2) is 9.97 Å². The van der Waals surface area contributed by atoms with Crippen molar-refractivity contribution in [2.45, 2.75) is 25.3 Å². The molecule has 8 heteroatoms. The van der Waals surface area contributed by atoms with E-state index in [0.717, 1.165) is 41.4 Å². The molecule has 34 heavy (non-hydrogen) atoms. The van der Waals surface area contributed by atoms with Crippen LogP contribution in [0.1, 0.15) is 46.2 Å². The van der Waals surface area contributed by atoms with Crippen molar-refractivity contribution in [2.75, 3.05) is 13.7 Å². The molecule has 1 atom stereocenters. The van der Waals surface area contributed by atoms with Gasteiger partial charge in [0, 0.05) is 49.9 Å². The summed E-state index contributed by atoms with van der Waals surface area (Å²) < 4.78 is 7.34. The minimum Gasteiger partial charge on any atom is -0.496 e. The number of likely N-dealkylation sites (tertiary alicyclic amines) is 1. The second-order valence-corrected chi connectivity index (χ2v) is 8.37. The Morgan fingerprint density at radius 1 is 1.12 bits per heavy atom. The number of nitrogens with zero attached hydrogens (tertiary/aromatic N) is 6. The molecule has 1 saturated heterocycles. The molecule has 5 rings (SSSR count). The first-order valence-electron chi connectivity index (χ1n) is 11.3. The van der Waals surface area contributed by atoms with Gasteiger partial charge in [0.15, 0.2) is 5.82 Å². The molecule has 0 bridgehead atoms. The van der Waals surface area contributed by atoms with Crippen LogP contribution in [0, 0.1) is 0 Å². The predicted octanol–water partition coefficient (Wildman–Crippen LogP) is 3.85. The molecule has 172 valence electrons. The normalized spacial score (nSPS) is 15.5. The maximum absolute atomic E-state index is 13.4. The summed E-state index contributed by atoms with van der Waals surface area (Å²) in [6.07, 6.45) is 11.1. The maximum Gasteiger partial charge on any atom is 0.255 e. The highest BCUT2D eigenvalue weighted by Gasteiger charge is 2.32. The van der Waals surface area contributed by atoms with Crippen LogP contribution in [0.15, 0.2) is 67.4 Å². The lowest BCUT2D eigenvalue weighted by molar-refractivity contribution is 0.0732. The van der Waals surface area contributed by atoms with E-state index in [1.807, 2.05) is 59.1 Å². The zero-order chi connectivity index (χ0) is 23.5. The number of para-hydroxylation sites is 1. The molecule has 0 radical (unpaired) electrons. The van der Waals surface area contributed by atoms with E-state index in [1.165, 1.54) is 0 Å². The molecular weight excluding hydrogens is 428 g/mol. The van der Waals surface area contributed by atoms with Gasteiger partial charge in [0.2, 0.25) is 0 Å². The van der Waals surface area contributed by atoms with E-state index in [-0.39, 0.29) is 11.9 Å². The first-order valence-corrected chi connectivity index (χ1v) is 11.3. The van der Waals surface area contributed by atoms with Gasteiger partial charge >= 0.3 is 0 Å². The van der Waals surface area contributed by atoms with E-state index in [0.29, 0.717) is 24.2 Å². The summed E-state index contributed by atoms with van der Waals surface area (Å²) in [4.78, 5) is 33.3. The molecule has 1 aromatic carbocycles. The Bertz CT molecular complexity index is 1300. The average Bonchev–Trinajstić information content (AvgIpc) is 3.54. The molecule has 1 aliphatic rings.